The zero-order chi connectivity index (χ0) is 45.2. The van der Waals surface area contributed by atoms with E-state index in [4.69, 9.17) is 16.3 Å². The van der Waals surface area contributed by atoms with Crippen LogP contribution in [0.2, 0.25) is 5.02 Å². The van der Waals surface area contributed by atoms with Crippen molar-refractivity contribution in [1.82, 2.24) is 16.0 Å². The molecule has 1 aromatic rings. The molecule has 1 aromatic carbocycles. The number of carbonyl (C=O) groups excluding carboxylic acids is 4. The van der Waals surface area contributed by atoms with Gasteiger partial charge in [-0.1, -0.05) is 79.5 Å². The molecule has 1 heterocycles. The fourth-order valence-corrected chi connectivity index (χ4v) is 15.5. The molecule has 0 aromatic heterocycles. The first-order valence-corrected chi connectivity index (χ1v) is 23.7. The van der Waals surface area contributed by atoms with Gasteiger partial charge in [-0.25, -0.2) is 0 Å². The smallest absolute Gasteiger partial charge is 0.309 e. The minimum Gasteiger partial charge on any atom is -0.481 e. The molecule has 5 N–H and O–H groups in total. The Balaban J connectivity index is 1.01. The summed E-state index contributed by atoms with van der Waals surface area (Å²) in [7, 11) is 0. The first-order valence-electron chi connectivity index (χ1n) is 23.4. The third-order valence-electron chi connectivity index (χ3n) is 19.4. The number of ether oxygens (including phenoxy) is 1. The van der Waals surface area contributed by atoms with Crippen LogP contribution in [0.4, 0.5) is 0 Å². The zero-order valence-electron chi connectivity index (χ0n) is 38.3. The number of aliphatic hydroxyl groups excluding tert-OH is 1. The quantitative estimate of drug-likeness (QED) is 0.149. The van der Waals surface area contributed by atoms with Gasteiger partial charge >= 0.3 is 11.9 Å². The van der Waals surface area contributed by atoms with E-state index in [1.807, 2.05) is 13.8 Å². The fraction of sp³-hybridized carbons (Fsp3) is 0.740. The Morgan fingerprint density at radius 2 is 1.53 bits per heavy atom. The maximum Gasteiger partial charge on any atom is 0.309 e. The van der Waals surface area contributed by atoms with E-state index in [1.54, 1.807) is 24.3 Å². The highest BCUT2D eigenvalue weighted by atomic mass is 35.5. The van der Waals surface area contributed by atoms with Crippen LogP contribution >= 0.6 is 11.6 Å². The Hall–Kier alpha value is -3.28. The van der Waals surface area contributed by atoms with Crippen LogP contribution in [-0.2, 0) is 23.9 Å². The third kappa shape index (κ3) is 6.49. The van der Waals surface area contributed by atoms with E-state index in [2.05, 4.69) is 64.4 Å². The highest BCUT2D eigenvalue weighted by molar-refractivity contribution is 6.30. The maximum atomic E-state index is 14.2. The molecule has 0 spiro atoms. The monoisotopic (exact) mass is 875 g/mol. The van der Waals surface area contributed by atoms with Gasteiger partial charge in [0.05, 0.1) is 17.9 Å². The van der Waals surface area contributed by atoms with Crippen LogP contribution in [0.15, 0.2) is 35.4 Å². The van der Waals surface area contributed by atoms with Gasteiger partial charge in [-0.2, -0.15) is 0 Å². The van der Waals surface area contributed by atoms with Crippen molar-refractivity contribution in [3.63, 3.8) is 0 Å². The van der Waals surface area contributed by atoms with E-state index in [9.17, 15) is 34.2 Å². The second-order valence-electron chi connectivity index (χ2n) is 23.0. The highest BCUT2D eigenvalue weighted by Crippen LogP contribution is 2.77. The van der Waals surface area contributed by atoms with Crippen LogP contribution in [-0.4, -0.2) is 77.1 Å². The van der Waals surface area contributed by atoms with Crippen LogP contribution in [0.5, 0.6) is 0 Å². The number of hydrogen-bond donors (Lipinski definition) is 5. The first-order chi connectivity index (χ1) is 28.9. The molecular formula is C50H70ClN3O8. The van der Waals surface area contributed by atoms with Crippen molar-refractivity contribution < 1.29 is 38.9 Å². The average Bonchev–Trinajstić information content (AvgIpc) is 3.49. The average molecular weight is 877 g/mol. The summed E-state index contributed by atoms with van der Waals surface area (Å²) >= 11 is 6.04. The Labute approximate surface area is 372 Å². The number of Topliss-reactive ketones (excluding diaryl/α,β-unsaturated/α-hetero) is 1. The van der Waals surface area contributed by atoms with Crippen molar-refractivity contribution in [2.75, 3.05) is 19.6 Å². The molecule has 6 fully saturated rings. The summed E-state index contributed by atoms with van der Waals surface area (Å²) in [6.45, 7) is 20.5. The molecule has 11 atom stereocenters. The lowest BCUT2D eigenvalue weighted by molar-refractivity contribution is -0.238. The fourth-order valence-electron chi connectivity index (χ4n) is 15.4. The van der Waals surface area contributed by atoms with E-state index in [0.29, 0.717) is 35.3 Å². The molecule has 8 rings (SSSR count). The van der Waals surface area contributed by atoms with E-state index in [1.165, 1.54) is 0 Å². The molecule has 0 radical (unpaired) electrons. The summed E-state index contributed by atoms with van der Waals surface area (Å²) in [6.07, 6.45) is 6.53. The molecule has 2 amide bonds. The molecule has 62 heavy (non-hydrogen) atoms. The van der Waals surface area contributed by atoms with Gasteiger partial charge in [0.1, 0.15) is 11.6 Å². The van der Waals surface area contributed by atoms with Crippen molar-refractivity contribution in [2.45, 2.75) is 144 Å². The van der Waals surface area contributed by atoms with Crippen molar-refractivity contribution in [3.8, 4) is 0 Å². The standard InChI is InChI=1S/C50H70ClN3O8/c1-27(2)38-33(55)23-49(36(56)24-53-43(61)50(25-52-26-50)54-40(57)28-10-12-29(51)13-11-28)21-20-47(8)30(39(38)49)14-15-35-46(7)18-17-37(45(5,6)34(46)16-19-48(35,47)9)62-42(60)32-22-31(41(58)59)44(32,3)4/h10-13,27,30-32,34-37,52,56H,14-26H2,1-9H3,(H,53,61)(H,54,57)(H,58,59)/t30-,31+,32-,34+,35-,36+,37+,46+,47-,48-,49+/m1/s1. The molecule has 1 aliphatic heterocycles. The van der Waals surface area contributed by atoms with Crippen LogP contribution < -0.4 is 16.0 Å². The minimum absolute atomic E-state index is 0.00555. The Morgan fingerprint density at radius 1 is 0.855 bits per heavy atom. The molecule has 1 saturated heterocycles. The molecule has 6 aliphatic carbocycles. The van der Waals surface area contributed by atoms with Crippen molar-refractivity contribution in [3.05, 3.63) is 46.0 Å². The minimum atomic E-state index is -1.16. The van der Waals surface area contributed by atoms with E-state index < -0.39 is 40.3 Å². The SMILES string of the molecule is CC(C)C1=C2[C@H]3CC[C@@H]4[C@@]5(C)CC[C@H](OC(=O)[C@H]6C[C@@H](C(=O)O)C6(C)C)C(C)(C)[C@@H]5CC[C@@]4(C)[C@]3(C)CC[C@@]2([C@@H](O)CNC(=O)C2(NC(=O)c3ccc(Cl)cc3)CNC2)CC1=O. The first kappa shape index (κ1) is 45.3. The number of carbonyl (C=O) groups is 5. The van der Waals surface area contributed by atoms with Gasteiger partial charge in [0.2, 0.25) is 5.91 Å². The van der Waals surface area contributed by atoms with Gasteiger partial charge in [0, 0.05) is 47.5 Å². The Bertz CT molecular complexity index is 2080. The summed E-state index contributed by atoms with van der Waals surface area (Å²) < 4.78 is 6.42. The number of carboxylic acid groups (broad SMARTS) is 1. The number of allylic oxidation sites excluding steroid dienone is 1. The van der Waals surface area contributed by atoms with Crippen LogP contribution in [0.25, 0.3) is 0 Å². The number of aliphatic hydroxyl groups is 1. The highest BCUT2D eigenvalue weighted by Gasteiger charge is 2.71. The lowest BCUT2D eigenvalue weighted by Crippen LogP contribution is -2.75. The van der Waals surface area contributed by atoms with Crippen molar-refractivity contribution >= 4 is 41.1 Å². The molecule has 5 saturated carbocycles. The van der Waals surface area contributed by atoms with Crippen molar-refractivity contribution in [1.29, 1.82) is 0 Å². The van der Waals surface area contributed by atoms with Gasteiger partial charge in [-0.05, 0) is 133 Å². The van der Waals surface area contributed by atoms with Crippen LogP contribution in [0.1, 0.15) is 137 Å². The molecule has 340 valence electrons. The number of amides is 2. The molecule has 11 nitrogen and oxygen atoms in total. The summed E-state index contributed by atoms with van der Waals surface area (Å²) in [5, 5.41) is 31.7. The summed E-state index contributed by atoms with van der Waals surface area (Å²) in [5.41, 5.74) is -0.610. The Morgan fingerprint density at radius 3 is 2.13 bits per heavy atom. The number of nitrogens with one attached hydrogen (secondary N) is 3. The van der Waals surface area contributed by atoms with Crippen LogP contribution in [0.3, 0.4) is 0 Å². The number of halogens is 1. The topological polar surface area (TPSA) is 171 Å². The predicted molar refractivity (Wildman–Crippen MR) is 236 cm³/mol. The number of carboxylic acids is 1. The summed E-state index contributed by atoms with van der Waals surface area (Å²) in [6, 6.07) is 6.51. The van der Waals surface area contributed by atoms with Gasteiger partial charge in [-0.15, -0.1) is 0 Å². The van der Waals surface area contributed by atoms with E-state index >= 15 is 0 Å². The lowest BCUT2D eigenvalue weighted by Gasteiger charge is -2.72. The number of esters is 1. The lowest BCUT2D eigenvalue weighted by atomic mass is 9.33. The van der Waals surface area contributed by atoms with Crippen LogP contribution in [0, 0.1) is 68.0 Å². The number of aliphatic carboxylic acids is 1. The van der Waals surface area contributed by atoms with Gasteiger partial charge in [-0.3, -0.25) is 24.0 Å². The second kappa shape index (κ2) is 15.1. The number of ketones is 1. The number of rotatable bonds is 10. The molecule has 0 unspecified atom stereocenters. The van der Waals surface area contributed by atoms with Gasteiger partial charge in [0.15, 0.2) is 5.78 Å². The maximum absolute atomic E-state index is 14.2. The molecular weight excluding hydrogens is 806 g/mol. The normalized spacial score (nSPS) is 39.1. The number of hydrogen-bond acceptors (Lipinski definition) is 8. The molecule has 12 heteroatoms. The largest absolute Gasteiger partial charge is 0.481 e. The van der Waals surface area contributed by atoms with Gasteiger partial charge < -0.3 is 30.9 Å². The third-order valence-corrected chi connectivity index (χ3v) is 19.6. The summed E-state index contributed by atoms with van der Waals surface area (Å²) in [4.78, 5) is 66.8. The Kier molecular flexibility index (Phi) is 11.1. The zero-order valence-corrected chi connectivity index (χ0v) is 39.1. The predicted octanol–water partition coefficient (Wildman–Crippen LogP) is 7.53. The summed E-state index contributed by atoms with van der Waals surface area (Å²) in [5.74, 6) is -1.84. The number of benzene rings is 1. The van der Waals surface area contributed by atoms with E-state index in [0.717, 1.165) is 56.1 Å². The van der Waals surface area contributed by atoms with E-state index in [-0.39, 0.29) is 89.2 Å². The van der Waals surface area contributed by atoms with Crippen molar-refractivity contribution in [2.24, 2.45) is 68.0 Å². The van der Waals surface area contributed by atoms with Gasteiger partial charge in [0.25, 0.3) is 5.91 Å². The molecule has 7 aliphatic rings. The second-order valence-corrected chi connectivity index (χ2v) is 23.4. The molecule has 0 bridgehead atoms. The number of fused-ring (bicyclic) bond motifs is 7.